The first kappa shape index (κ1) is 24.1. The molecule has 0 heterocycles. The van der Waals surface area contributed by atoms with Crippen LogP contribution < -0.4 is 19.5 Å². The lowest BCUT2D eigenvalue weighted by Gasteiger charge is -2.14. The zero-order valence-electron chi connectivity index (χ0n) is 18.5. The molecular formula is C24H25FN2O5S. The van der Waals surface area contributed by atoms with E-state index in [1.807, 2.05) is 32.0 Å². The van der Waals surface area contributed by atoms with Crippen molar-refractivity contribution in [3.05, 3.63) is 77.6 Å². The minimum absolute atomic E-state index is 0.107. The number of hydrogen-bond acceptors (Lipinski definition) is 5. The Morgan fingerprint density at radius 2 is 1.73 bits per heavy atom. The van der Waals surface area contributed by atoms with E-state index in [1.165, 1.54) is 19.2 Å². The SMILES string of the molecule is COc1ccc(NC(=O)CCOc2cccc(C)c2C)cc1NS(=O)(=O)c1ccc(F)cc1. The second kappa shape index (κ2) is 10.4. The maximum absolute atomic E-state index is 13.1. The average Bonchev–Trinajstić information content (AvgIpc) is 2.77. The molecule has 0 aromatic heterocycles. The lowest BCUT2D eigenvalue weighted by molar-refractivity contribution is -0.116. The molecule has 0 aliphatic rings. The van der Waals surface area contributed by atoms with Crippen molar-refractivity contribution >= 4 is 27.3 Å². The van der Waals surface area contributed by atoms with Crippen LogP contribution in [0.2, 0.25) is 0 Å². The summed E-state index contributed by atoms with van der Waals surface area (Å²) in [5, 5.41) is 2.72. The van der Waals surface area contributed by atoms with Crippen LogP contribution in [0.15, 0.2) is 65.6 Å². The van der Waals surface area contributed by atoms with Gasteiger partial charge in [0, 0.05) is 5.69 Å². The van der Waals surface area contributed by atoms with Crippen molar-refractivity contribution in [2.75, 3.05) is 23.8 Å². The fourth-order valence-electron chi connectivity index (χ4n) is 3.04. The van der Waals surface area contributed by atoms with Gasteiger partial charge in [-0.3, -0.25) is 9.52 Å². The van der Waals surface area contributed by atoms with Crippen LogP contribution >= 0.6 is 0 Å². The number of nitrogens with one attached hydrogen (secondary N) is 2. The Hall–Kier alpha value is -3.59. The van der Waals surface area contributed by atoms with Crippen molar-refractivity contribution in [1.29, 1.82) is 0 Å². The third kappa shape index (κ3) is 6.23. The van der Waals surface area contributed by atoms with Crippen LogP contribution in [0.1, 0.15) is 17.5 Å². The van der Waals surface area contributed by atoms with Gasteiger partial charge < -0.3 is 14.8 Å². The maximum Gasteiger partial charge on any atom is 0.262 e. The van der Waals surface area contributed by atoms with Crippen LogP contribution in [0.5, 0.6) is 11.5 Å². The first-order chi connectivity index (χ1) is 15.7. The number of hydrogen-bond donors (Lipinski definition) is 2. The molecule has 2 N–H and O–H groups in total. The molecule has 174 valence electrons. The number of rotatable bonds is 9. The minimum atomic E-state index is -3.99. The summed E-state index contributed by atoms with van der Waals surface area (Å²) in [6.45, 7) is 4.13. The predicted octanol–water partition coefficient (Wildman–Crippen LogP) is 4.66. The Morgan fingerprint density at radius 3 is 2.42 bits per heavy atom. The molecule has 0 saturated carbocycles. The molecule has 0 fully saturated rings. The molecule has 0 unspecified atom stereocenters. The van der Waals surface area contributed by atoms with E-state index in [1.54, 1.807) is 6.07 Å². The molecule has 0 bridgehead atoms. The van der Waals surface area contributed by atoms with E-state index in [4.69, 9.17) is 9.47 Å². The highest BCUT2D eigenvalue weighted by molar-refractivity contribution is 7.92. The topological polar surface area (TPSA) is 93.7 Å². The highest BCUT2D eigenvalue weighted by Crippen LogP contribution is 2.30. The molecular weight excluding hydrogens is 447 g/mol. The second-order valence-corrected chi connectivity index (χ2v) is 9.00. The van der Waals surface area contributed by atoms with Gasteiger partial charge in [-0.1, -0.05) is 12.1 Å². The Balaban J connectivity index is 1.66. The lowest BCUT2D eigenvalue weighted by Crippen LogP contribution is -2.16. The molecule has 7 nitrogen and oxygen atoms in total. The molecule has 0 radical (unpaired) electrons. The van der Waals surface area contributed by atoms with Crippen molar-refractivity contribution < 1.29 is 27.1 Å². The zero-order valence-corrected chi connectivity index (χ0v) is 19.3. The number of aryl methyl sites for hydroxylation is 1. The second-order valence-electron chi connectivity index (χ2n) is 7.32. The van der Waals surface area contributed by atoms with Crippen LogP contribution in [0.4, 0.5) is 15.8 Å². The van der Waals surface area contributed by atoms with Gasteiger partial charge in [0.1, 0.15) is 17.3 Å². The largest absolute Gasteiger partial charge is 0.495 e. The number of carbonyl (C=O) groups is 1. The third-order valence-corrected chi connectivity index (χ3v) is 6.37. The highest BCUT2D eigenvalue weighted by Gasteiger charge is 2.17. The molecule has 0 aliphatic carbocycles. The van der Waals surface area contributed by atoms with E-state index < -0.39 is 15.8 Å². The predicted molar refractivity (Wildman–Crippen MR) is 125 cm³/mol. The minimum Gasteiger partial charge on any atom is -0.495 e. The standard InChI is InChI=1S/C24H25FN2O5S/c1-16-5-4-6-22(17(16)2)32-14-13-24(28)26-19-9-12-23(31-3)21(15-19)27-33(29,30)20-10-7-18(25)8-11-20/h4-12,15,27H,13-14H2,1-3H3,(H,26,28). The molecule has 3 aromatic carbocycles. The first-order valence-corrected chi connectivity index (χ1v) is 11.6. The van der Waals surface area contributed by atoms with Crippen LogP contribution in [0.3, 0.4) is 0 Å². The summed E-state index contributed by atoms with van der Waals surface area (Å²) in [5.41, 5.74) is 2.63. The van der Waals surface area contributed by atoms with Crippen LogP contribution in [0.25, 0.3) is 0 Å². The molecule has 0 atom stereocenters. The van der Waals surface area contributed by atoms with Crippen molar-refractivity contribution in [3.8, 4) is 11.5 Å². The zero-order chi connectivity index (χ0) is 24.0. The smallest absolute Gasteiger partial charge is 0.262 e. The van der Waals surface area contributed by atoms with Crippen LogP contribution in [-0.4, -0.2) is 28.0 Å². The van der Waals surface area contributed by atoms with Crippen molar-refractivity contribution in [2.45, 2.75) is 25.2 Å². The number of carbonyl (C=O) groups excluding carboxylic acids is 1. The Kier molecular flexibility index (Phi) is 7.55. The summed E-state index contributed by atoms with van der Waals surface area (Å²) in [4.78, 5) is 12.3. The van der Waals surface area contributed by atoms with Gasteiger partial charge in [0.05, 0.1) is 30.7 Å². The quantitative estimate of drug-likeness (QED) is 0.473. The molecule has 1 amide bonds. The van der Waals surface area contributed by atoms with Gasteiger partial charge in [-0.15, -0.1) is 0 Å². The summed E-state index contributed by atoms with van der Waals surface area (Å²) < 4.78 is 51.8. The van der Waals surface area contributed by atoms with E-state index >= 15 is 0 Å². The lowest BCUT2D eigenvalue weighted by atomic mass is 10.1. The summed E-state index contributed by atoms with van der Waals surface area (Å²) in [6, 6.07) is 14.7. The maximum atomic E-state index is 13.1. The van der Waals surface area contributed by atoms with Gasteiger partial charge in [-0.25, -0.2) is 12.8 Å². The van der Waals surface area contributed by atoms with Crippen LogP contribution in [-0.2, 0) is 14.8 Å². The normalized spacial score (nSPS) is 11.0. The van der Waals surface area contributed by atoms with Crippen molar-refractivity contribution in [1.82, 2.24) is 0 Å². The molecule has 33 heavy (non-hydrogen) atoms. The van der Waals surface area contributed by atoms with Gasteiger partial charge in [0.15, 0.2) is 0 Å². The van der Waals surface area contributed by atoms with Gasteiger partial charge >= 0.3 is 0 Å². The average molecular weight is 473 g/mol. The van der Waals surface area contributed by atoms with E-state index in [0.29, 0.717) is 5.69 Å². The van der Waals surface area contributed by atoms with Gasteiger partial charge in [-0.05, 0) is 73.5 Å². The fourth-order valence-corrected chi connectivity index (χ4v) is 4.10. The molecule has 0 spiro atoms. The number of benzene rings is 3. The third-order valence-electron chi connectivity index (χ3n) is 4.99. The Morgan fingerprint density at radius 1 is 1.00 bits per heavy atom. The summed E-state index contributed by atoms with van der Waals surface area (Å²) in [5.74, 6) is 0.150. The number of anilines is 2. The van der Waals surface area contributed by atoms with Crippen molar-refractivity contribution in [3.63, 3.8) is 0 Å². The number of sulfonamides is 1. The molecule has 9 heteroatoms. The number of amides is 1. The van der Waals surface area contributed by atoms with E-state index in [9.17, 15) is 17.6 Å². The number of halogens is 1. The van der Waals surface area contributed by atoms with E-state index in [-0.39, 0.29) is 35.3 Å². The Bertz CT molecular complexity index is 1240. The molecule has 3 rings (SSSR count). The van der Waals surface area contributed by atoms with E-state index in [0.717, 1.165) is 41.1 Å². The van der Waals surface area contributed by atoms with Gasteiger partial charge in [-0.2, -0.15) is 0 Å². The fraction of sp³-hybridized carbons (Fsp3) is 0.208. The monoisotopic (exact) mass is 472 g/mol. The summed E-state index contributed by atoms with van der Waals surface area (Å²) in [6.07, 6.45) is 0.107. The molecule has 3 aromatic rings. The van der Waals surface area contributed by atoms with Crippen molar-refractivity contribution in [2.24, 2.45) is 0 Å². The number of methoxy groups -OCH3 is 1. The van der Waals surface area contributed by atoms with Gasteiger partial charge in [0.25, 0.3) is 10.0 Å². The van der Waals surface area contributed by atoms with Gasteiger partial charge in [0.2, 0.25) is 5.91 Å². The van der Waals surface area contributed by atoms with E-state index in [2.05, 4.69) is 10.0 Å². The highest BCUT2D eigenvalue weighted by atomic mass is 32.2. The molecule has 0 aliphatic heterocycles. The van der Waals surface area contributed by atoms with Crippen LogP contribution in [0, 0.1) is 19.7 Å². The number of ether oxygens (including phenoxy) is 2. The molecule has 0 saturated heterocycles. The summed E-state index contributed by atoms with van der Waals surface area (Å²) >= 11 is 0. The first-order valence-electron chi connectivity index (χ1n) is 10.1. The Labute approximate surface area is 192 Å². The summed E-state index contributed by atoms with van der Waals surface area (Å²) in [7, 11) is -2.59.